The lowest BCUT2D eigenvalue weighted by Gasteiger charge is -2.17. The first-order valence-electron chi connectivity index (χ1n) is 9.00. The molecule has 1 unspecified atom stereocenters. The average molecular weight is 412 g/mol. The summed E-state index contributed by atoms with van der Waals surface area (Å²) in [6, 6.07) is 12.4. The Bertz CT molecular complexity index is 1310. The molecule has 2 heterocycles. The van der Waals surface area contributed by atoms with Crippen LogP contribution in [0.4, 0.5) is 0 Å². The number of pyridine rings is 1. The highest BCUT2D eigenvalue weighted by Gasteiger charge is 2.20. The molecule has 0 aliphatic heterocycles. The number of aromatic nitrogens is 2. The molecule has 0 radical (unpaired) electrons. The standard InChI is InChI=1S/C21H18ClN3O4/c1-11-18-20(24-29-11)19-16(22)8-5-9-17(19)25(21(18)27)14-6-4-7-15(10-14)28-13(3)23-12(2)26/h4-10,13H,1-3H3,(H,23,26). The fourth-order valence-electron chi connectivity index (χ4n) is 3.42. The molecule has 0 bridgehead atoms. The van der Waals surface area contributed by atoms with Gasteiger partial charge in [0.2, 0.25) is 5.91 Å². The van der Waals surface area contributed by atoms with E-state index in [2.05, 4.69) is 10.5 Å². The van der Waals surface area contributed by atoms with E-state index < -0.39 is 6.23 Å². The number of halogens is 1. The number of carbonyl (C=O) groups is 1. The van der Waals surface area contributed by atoms with E-state index in [1.807, 2.05) is 0 Å². The van der Waals surface area contributed by atoms with Gasteiger partial charge in [-0.3, -0.25) is 14.2 Å². The number of nitrogens with one attached hydrogen (secondary N) is 1. The third-order valence-corrected chi connectivity index (χ3v) is 4.86. The topological polar surface area (TPSA) is 86.4 Å². The molecule has 0 saturated heterocycles. The number of aryl methyl sites for hydroxylation is 1. The fraction of sp³-hybridized carbons (Fsp3) is 0.190. The van der Waals surface area contributed by atoms with Crippen molar-refractivity contribution in [3.05, 3.63) is 63.6 Å². The summed E-state index contributed by atoms with van der Waals surface area (Å²) >= 11 is 6.44. The second kappa shape index (κ2) is 7.25. The molecule has 29 heavy (non-hydrogen) atoms. The molecule has 7 nitrogen and oxygen atoms in total. The van der Waals surface area contributed by atoms with Gasteiger partial charge in [0.15, 0.2) is 6.23 Å². The quantitative estimate of drug-likeness (QED) is 0.514. The summed E-state index contributed by atoms with van der Waals surface area (Å²) in [6.45, 7) is 4.84. The van der Waals surface area contributed by atoms with Gasteiger partial charge >= 0.3 is 0 Å². The number of hydrogen-bond acceptors (Lipinski definition) is 5. The second-order valence-corrected chi connectivity index (χ2v) is 7.10. The van der Waals surface area contributed by atoms with Gasteiger partial charge in [0.1, 0.15) is 22.4 Å². The van der Waals surface area contributed by atoms with Crippen LogP contribution in [0.3, 0.4) is 0 Å². The Hall–Kier alpha value is -3.32. The predicted octanol–water partition coefficient (Wildman–Crippen LogP) is 3.95. The lowest BCUT2D eigenvalue weighted by molar-refractivity contribution is -0.121. The van der Waals surface area contributed by atoms with Crippen molar-refractivity contribution in [1.29, 1.82) is 0 Å². The maximum Gasteiger partial charge on any atom is 0.268 e. The zero-order valence-corrected chi connectivity index (χ0v) is 16.8. The molecule has 2 aromatic heterocycles. The minimum Gasteiger partial charge on any atom is -0.471 e. The summed E-state index contributed by atoms with van der Waals surface area (Å²) in [5.41, 5.74) is 1.38. The van der Waals surface area contributed by atoms with Gasteiger partial charge in [0.05, 0.1) is 16.2 Å². The molecule has 8 heteroatoms. The summed E-state index contributed by atoms with van der Waals surface area (Å²) in [6.07, 6.45) is -0.520. The van der Waals surface area contributed by atoms with E-state index >= 15 is 0 Å². The van der Waals surface area contributed by atoms with Gasteiger partial charge in [0.25, 0.3) is 5.56 Å². The van der Waals surface area contributed by atoms with Gasteiger partial charge in [0, 0.05) is 18.4 Å². The van der Waals surface area contributed by atoms with Crippen LogP contribution in [0.25, 0.3) is 27.5 Å². The van der Waals surface area contributed by atoms with Gasteiger partial charge in [-0.1, -0.05) is 28.9 Å². The van der Waals surface area contributed by atoms with Crippen LogP contribution in [0.1, 0.15) is 19.6 Å². The SMILES string of the molecule is CC(=O)NC(C)Oc1cccc(-n2c(=O)c3c(C)onc3c3c(Cl)cccc32)c1. The normalized spacial score (nSPS) is 12.3. The second-order valence-electron chi connectivity index (χ2n) is 6.69. The zero-order valence-electron chi connectivity index (χ0n) is 16.0. The Kier molecular flexibility index (Phi) is 4.76. The zero-order chi connectivity index (χ0) is 20.7. The predicted molar refractivity (Wildman–Crippen MR) is 111 cm³/mol. The van der Waals surface area contributed by atoms with E-state index in [4.69, 9.17) is 20.9 Å². The molecule has 0 aliphatic carbocycles. The summed E-state index contributed by atoms with van der Waals surface area (Å²) in [5.74, 6) is 0.735. The number of amides is 1. The number of fused-ring (bicyclic) bond motifs is 3. The number of benzene rings is 2. The van der Waals surface area contributed by atoms with Crippen molar-refractivity contribution in [2.45, 2.75) is 27.0 Å². The summed E-state index contributed by atoms with van der Waals surface area (Å²) in [5, 5.41) is 8.20. The lowest BCUT2D eigenvalue weighted by atomic mass is 10.1. The molecular weight excluding hydrogens is 394 g/mol. The van der Waals surface area contributed by atoms with Crippen molar-refractivity contribution < 1.29 is 14.1 Å². The van der Waals surface area contributed by atoms with Crippen molar-refractivity contribution >= 4 is 39.3 Å². The molecule has 148 valence electrons. The number of hydrogen-bond donors (Lipinski definition) is 1. The van der Waals surface area contributed by atoms with Crippen molar-refractivity contribution in [2.24, 2.45) is 0 Å². The van der Waals surface area contributed by atoms with Crippen molar-refractivity contribution in [1.82, 2.24) is 15.0 Å². The molecule has 4 rings (SSSR count). The third-order valence-electron chi connectivity index (χ3n) is 4.54. The Labute approximate surface area is 170 Å². The maximum atomic E-state index is 13.3. The van der Waals surface area contributed by atoms with Gasteiger partial charge < -0.3 is 14.6 Å². The fourth-order valence-corrected chi connectivity index (χ4v) is 3.68. The Morgan fingerprint density at radius 2 is 2.00 bits per heavy atom. The van der Waals surface area contributed by atoms with Gasteiger partial charge in [-0.2, -0.15) is 0 Å². The molecule has 0 fully saturated rings. The van der Waals surface area contributed by atoms with Gasteiger partial charge in [-0.05, 0) is 38.1 Å². The van der Waals surface area contributed by atoms with Gasteiger partial charge in [-0.25, -0.2) is 0 Å². The summed E-state index contributed by atoms with van der Waals surface area (Å²) in [4.78, 5) is 24.6. The maximum absolute atomic E-state index is 13.3. The highest BCUT2D eigenvalue weighted by atomic mass is 35.5. The smallest absolute Gasteiger partial charge is 0.268 e. The number of nitrogens with zero attached hydrogens (tertiary/aromatic N) is 2. The summed E-state index contributed by atoms with van der Waals surface area (Å²) < 4.78 is 12.6. The van der Waals surface area contributed by atoms with E-state index in [9.17, 15) is 9.59 Å². The molecule has 1 atom stereocenters. The van der Waals surface area contributed by atoms with Crippen molar-refractivity contribution in [2.75, 3.05) is 0 Å². The summed E-state index contributed by atoms with van der Waals surface area (Å²) in [7, 11) is 0. The molecule has 0 spiro atoms. The van der Waals surface area contributed by atoms with Gasteiger partial charge in [-0.15, -0.1) is 0 Å². The lowest BCUT2D eigenvalue weighted by Crippen LogP contribution is -2.34. The van der Waals surface area contributed by atoms with Crippen LogP contribution < -0.4 is 15.6 Å². The van der Waals surface area contributed by atoms with Crippen LogP contribution in [0.15, 0.2) is 51.8 Å². The van der Waals surface area contributed by atoms with Crippen LogP contribution in [0, 0.1) is 6.92 Å². The highest BCUT2D eigenvalue weighted by molar-refractivity contribution is 6.37. The Morgan fingerprint density at radius 1 is 1.24 bits per heavy atom. The van der Waals surface area contributed by atoms with E-state index in [0.717, 1.165) is 0 Å². The monoisotopic (exact) mass is 411 g/mol. The Morgan fingerprint density at radius 3 is 2.76 bits per heavy atom. The van der Waals surface area contributed by atoms with Crippen LogP contribution in [-0.4, -0.2) is 21.9 Å². The molecule has 0 saturated carbocycles. The average Bonchev–Trinajstić information content (AvgIpc) is 3.03. The van der Waals surface area contributed by atoms with E-state index in [0.29, 0.717) is 44.0 Å². The third kappa shape index (κ3) is 3.34. The molecule has 0 aliphatic rings. The van der Waals surface area contributed by atoms with E-state index in [-0.39, 0.29) is 11.5 Å². The van der Waals surface area contributed by atoms with Crippen molar-refractivity contribution in [3.8, 4) is 11.4 Å². The molecule has 1 amide bonds. The number of carbonyl (C=O) groups excluding carboxylic acids is 1. The van der Waals surface area contributed by atoms with Crippen LogP contribution >= 0.6 is 11.6 Å². The van der Waals surface area contributed by atoms with Crippen LogP contribution in [-0.2, 0) is 4.79 Å². The number of rotatable bonds is 4. The first-order chi connectivity index (χ1) is 13.9. The highest BCUT2D eigenvalue weighted by Crippen LogP contribution is 2.31. The molecule has 2 aromatic carbocycles. The largest absolute Gasteiger partial charge is 0.471 e. The number of ether oxygens (including phenoxy) is 1. The Balaban J connectivity index is 1.94. The van der Waals surface area contributed by atoms with Crippen LogP contribution in [0.2, 0.25) is 5.02 Å². The molecular formula is C21H18ClN3O4. The van der Waals surface area contributed by atoms with Crippen molar-refractivity contribution in [3.63, 3.8) is 0 Å². The van der Waals surface area contributed by atoms with E-state index in [1.54, 1.807) is 60.9 Å². The molecule has 4 aromatic rings. The minimum absolute atomic E-state index is 0.195. The first-order valence-corrected chi connectivity index (χ1v) is 9.38. The molecule has 1 N–H and O–H groups in total. The van der Waals surface area contributed by atoms with Crippen LogP contribution in [0.5, 0.6) is 5.75 Å². The van der Waals surface area contributed by atoms with E-state index in [1.165, 1.54) is 6.92 Å². The minimum atomic E-state index is -0.520. The first kappa shape index (κ1) is 19.0.